The molecule has 2 aromatic heterocycles. The summed E-state index contributed by atoms with van der Waals surface area (Å²) in [6, 6.07) is 16.7. The van der Waals surface area contributed by atoms with Crippen molar-refractivity contribution in [1.29, 1.82) is 0 Å². The van der Waals surface area contributed by atoms with Crippen LogP contribution in [0.1, 0.15) is 41.5 Å². The van der Waals surface area contributed by atoms with Gasteiger partial charge in [-0.05, 0) is 108 Å². The normalized spacial score (nSPS) is 11.0. The Kier molecular flexibility index (Phi) is 13.5. The van der Waals surface area contributed by atoms with Crippen LogP contribution in [0.25, 0.3) is 0 Å². The highest BCUT2D eigenvalue weighted by Gasteiger charge is 2.10. The first-order valence-electron chi connectivity index (χ1n) is 13.0. The number of nitrogens with zero attached hydrogens (tertiary/aromatic N) is 8. The number of rotatable bonds is 13. The molecule has 4 rings (SSSR count). The second kappa shape index (κ2) is 16.6. The van der Waals surface area contributed by atoms with E-state index in [-0.39, 0.29) is 14.9 Å². The van der Waals surface area contributed by atoms with Crippen LogP contribution in [0, 0.1) is 0 Å². The Morgan fingerprint density at radius 3 is 1.27 bits per heavy atom. The van der Waals surface area contributed by atoms with E-state index in [1.54, 1.807) is 22.7 Å². The molecule has 0 aliphatic carbocycles. The maximum atomic E-state index is 4.38. The Bertz CT molecular complexity index is 1220. The van der Waals surface area contributed by atoms with E-state index < -0.39 is 0 Å². The number of anilines is 2. The van der Waals surface area contributed by atoms with Crippen LogP contribution in [-0.4, -0.2) is 26.2 Å². The molecule has 0 fully saturated rings. The van der Waals surface area contributed by atoms with E-state index in [1.807, 2.05) is 70.6 Å². The van der Waals surface area contributed by atoms with E-state index >= 15 is 0 Å². The number of aromatic nitrogens is 2. The first-order chi connectivity index (χ1) is 18.6. The van der Waals surface area contributed by atoms with Crippen LogP contribution in [0.3, 0.4) is 0 Å². The first kappa shape index (κ1) is 32.7. The van der Waals surface area contributed by atoms with Crippen molar-refractivity contribution in [2.45, 2.75) is 41.5 Å². The van der Waals surface area contributed by atoms with Gasteiger partial charge >= 0.3 is 10.3 Å². The number of hydrogen-bond donors (Lipinski definition) is 0. The highest BCUT2D eigenvalue weighted by atomic mass is 32.1. The van der Waals surface area contributed by atoms with Gasteiger partial charge in [0.05, 0.1) is 24.3 Å². The Labute approximate surface area is 248 Å². The minimum atomic E-state index is 0. The minimum absolute atomic E-state index is 0. The predicted molar refractivity (Wildman–Crippen MR) is 171 cm³/mol. The maximum Gasteiger partial charge on any atom is 0.408 e. The molecule has 2 aromatic carbocycles. The molecule has 0 bridgehead atoms. The largest absolute Gasteiger partial charge is 0.408 e. The lowest BCUT2D eigenvalue weighted by Gasteiger charge is -2.26. The van der Waals surface area contributed by atoms with Gasteiger partial charge in [-0.15, -0.1) is 0 Å². The van der Waals surface area contributed by atoms with Crippen molar-refractivity contribution in [3.05, 3.63) is 71.7 Å². The zero-order valence-electron chi connectivity index (χ0n) is 22.6. The zero-order chi connectivity index (χ0) is 26.7. The van der Waals surface area contributed by atoms with Gasteiger partial charge in [0.15, 0.2) is 0 Å². The third-order valence-corrected chi connectivity index (χ3v) is 8.00. The van der Waals surface area contributed by atoms with Crippen molar-refractivity contribution in [2.75, 3.05) is 36.0 Å². The molecule has 0 atom stereocenters. The molecule has 0 aliphatic heterocycles. The van der Waals surface area contributed by atoms with E-state index in [1.165, 1.54) is 11.4 Å². The average molecular weight is 581 g/mol. The molecule has 40 heavy (non-hydrogen) atoms. The number of azo groups is 2. The molecule has 8 nitrogen and oxygen atoms in total. The Balaban J connectivity index is 0.00000280. The van der Waals surface area contributed by atoms with Crippen molar-refractivity contribution in [3.63, 3.8) is 0 Å². The van der Waals surface area contributed by atoms with Crippen molar-refractivity contribution >= 4 is 55.7 Å². The number of hydrogen-bond acceptors (Lipinski definition) is 8. The van der Waals surface area contributed by atoms with Gasteiger partial charge in [0.1, 0.15) is 23.8 Å². The molecular weight excluding hydrogens is 537 g/mol. The second-order valence-electron chi connectivity index (χ2n) is 8.89. The van der Waals surface area contributed by atoms with Crippen LogP contribution in [-0.2, 0) is 14.1 Å². The van der Waals surface area contributed by atoms with Crippen molar-refractivity contribution in [2.24, 2.45) is 34.6 Å². The van der Waals surface area contributed by atoms with E-state index in [0.717, 1.165) is 60.7 Å². The van der Waals surface area contributed by atoms with E-state index in [2.05, 4.69) is 68.4 Å². The number of thiazole rings is 2. The summed E-state index contributed by atoms with van der Waals surface area (Å²) in [4.78, 5) is 4.84. The summed E-state index contributed by atoms with van der Waals surface area (Å²) in [6.07, 6.45) is 6.23. The van der Waals surface area contributed by atoms with Gasteiger partial charge in [-0.25, -0.2) is 9.13 Å². The Morgan fingerprint density at radius 2 is 0.975 bits per heavy atom. The molecule has 4 aromatic rings. The Morgan fingerprint density at radius 1 is 0.600 bits per heavy atom. The fourth-order valence-electron chi connectivity index (χ4n) is 4.05. The first-order valence-corrected chi connectivity index (χ1v) is 14.7. The molecule has 0 unspecified atom stereocenters. The van der Waals surface area contributed by atoms with Crippen LogP contribution in [0.5, 0.6) is 0 Å². The van der Waals surface area contributed by atoms with Gasteiger partial charge in [0, 0.05) is 48.3 Å². The molecule has 0 aliphatic rings. The monoisotopic (exact) mass is 580 g/mol. The van der Waals surface area contributed by atoms with Crippen molar-refractivity contribution in [1.82, 2.24) is 0 Å². The molecule has 0 N–H and O–H groups in total. The van der Waals surface area contributed by atoms with Crippen LogP contribution in [0.2, 0.25) is 0 Å². The number of aryl methyl sites for hydroxylation is 2. The van der Waals surface area contributed by atoms with Crippen LogP contribution < -0.4 is 18.9 Å². The molecule has 214 valence electrons. The molecule has 0 spiro atoms. The fraction of sp³-hybridized carbons (Fsp3) is 0.400. The molecular formula is C30H44N8S2+2. The second-order valence-corrected chi connectivity index (χ2v) is 10.6. The van der Waals surface area contributed by atoms with E-state index in [4.69, 9.17) is 0 Å². The summed E-state index contributed by atoms with van der Waals surface area (Å²) in [5, 5.41) is 23.2. The van der Waals surface area contributed by atoms with Gasteiger partial charge in [-0.1, -0.05) is 14.9 Å². The third kappa shape index (κ3) is 9.02. The maximum absolute atomic E-state index is 4.38. The summed E-state index contributed by atoms with van der Waals surface area (Å²) in [5.41, 5.74) is 4.18. The zero-order valence-corrected chi connectivity index (χ0v) is 24.2. The quantitative estimate of drug-likeness (QED) is 0.0902. The smallest absolute Gasteiger partial charge is 0.372 e. The average Bonchev–Trinajstić information content (AvgIpc) is 3.56. The molecule has 0 amide bonds. The molecule has 0 saturated carbocycles. The van der Waals surface area contributed by atoms with Gasteiger partial charge in [0.2, 0.25) is 0 Å². The van der Waals surface area contributed by atoms with Crippen molar-refractivity contribution in [3.8, 4) is 0 Å². The number of benzene rings is 2. The lowest BCUT2D eigenvalue weighted by Crippen LogP contribution is -2.27. The van der Waals surface area contributed by atoms with E-state index in [0.29, 0.717) is 0 Å². The summed E-state index contributed by atoms with van der Waals surface area (Å²) < 4.78 is 3.94. The Hall–Kier alpha value is -3.50. The van der Waals surface area contributed by atoms with E-state index in [9.17, 15) is 0 Å². The predicted octanol–water partition coefficient (Wildman–Crippen LogP) is 8.69. The summed E-state index contributed by atoms with van der Waals surface area (Å²) >= 11 is 3.16. The fourth-order valence-corrected chi connectivity index (χ4v) is 5.41. The molecule has 0 radical (unpaired) electrons. The summed E-state index contributed by atoms with van der Waals surface area (Å²) in [6.45, 7) is 8.42. The highest BCUT2D eigenvalue weighted by Crippen LogP contribution is 2.24. The molecule has 10 heteroatoms. The SMILES string of the molecule is C.C.CCN(CCCCN(CC)c1ccc(N=Nc2scc[n+]2C)cc1)c1ccc(N=Nc2scc[n+]2C)cc1. The van der Waals surface area contributed by atoms with Crippen LogP contribution >= 0.6 is 22.7 Å². The topological polar surface area (TPSA) is 63.7 Å². The number of unbranched alkanes of at least 4 members (excludes halogenated alkanes) is 1. The van der Waals surface area contributed by atoms with Crippen LogP contribution in [0.4, 0.5) is 33.0 Å². The molecule has 0 saturated heterocycles. The summed E-state index contributed by atoms with van der Waals surface area (Å²) in [7, 11) is 3.95. The summed E-state index contributed by atoms with van der Waals surface area (Å²) in [5.74, 6) is 0. The van der Waals surface area contributed by atoms with Gasteiger partial charge in [0.25, 0.3) is 0 Å². The van der Waals surface area contributed by atoms with Crippen LogP contribution in [0.15, 0.2) is 92.1 Å². The van der Waals surface area contributed by atoms with Gasteiger partial charge in [-0.3, -0.25) is 0 Å². The lowest BCUT2D eigenvalue weighted by molar-refractivity contribution is -0.654. The van der Waals surface area contributed by atoms with Crippen molar-refractivity contribution < 1.29 is 9.13 Å². The van der Waals surface area contributed by atoms with Gasteiger partial charge < -0.3 is 9.80 Å². The van der Waals surface area contributed by atoms with Gasteiger partial charge in [-0.2, -0.15) is 0 Å². The lowest BCUT2D eigenvalue weighted by atomic mass is 10.2. The minimum Gasteiger partial charge on any atom is -0.372 e. The highest BCUT2D eigenvalue weighted by molar-refractivity contribution is 7.13. The standard InChI is InChI=1S/C28H36N8S2.2CH4/c1-5-35(25-13-9-23(10-14-25)29-31-27-33(3)19-21-37-27)17-7-8-18-36(6-2)26-15-11-24(12-16-26)30-32-28-34(4)20-22-38-28;;/h9-16,19-22H,5-8,17-18H2,1-4H3;2*1H4/q+2;;. The third-order valence-electron chi connectivity index (χ3n) is 6.32. The molecule has 2 heterocycles.